The molecule has 3 atom stereocenters. The highest BCUT2D eigenvalue weighted by Gasteiger charge is 2.24. The summed E-state index contributed by atoms with van der Waals surface area (Å²) in [6.07, 6.45) is 50.6. The molecular weight excluding hydrogens is 695 g/mol. The van der Waals surface area contributed by atoms with E-state index in [0.717, 1.165) is 89.9 Å². The summed E-state index contributed by atoms with van der Waals surface area (Å²) in [5, 5.41) is 23.7. The van der Waals surface area contributed by atoms with Crippen LogP contribution in [0.25, 0.3) is 0 Å². The normalized spacial score (nSPS) is 13.6. The highest BCUT2D eigenvalue weighted by atomic mass is 16.5. The van der Waals surface area contributed by atoms with Gasteiger partial charge in [-0.3, -0.25) is 9.59 Å². The summed E-state index contributed by atoms with van der Waals surface area (Å²) in [5.74, 6) is -0.490. The second-order valence-corrected chi connectivity index (χ2v) is 16.5. The third kappa shape index (κ3) is 38.9. The number of hydrogen-bond donors (Lipinski definition) is 3. The van der Waals surface area contributed by atoms with E-state index in [-0.39, 0.29) is 24.9 Å². The number of hydrogen-bond acceptors (Lipinski definition) is 5. The fourth-order valence-electron chi connectivity index (χ4n) is 7.33. The Kier molecular flexibility index (Phi) is 42.7. The monoisotopic (exact) mass is 788 g/mol. The predicted molar refractivity (Wildman–Crippen MR) is 241 cm³/mol. The molecule has 0 radical (unpaired) electrons. The van der Waals surface area contributed by atoms with Gasteiger partial charge >= 0.3 is 5.97 Å². The Balaban J connectivity index is 4.61. The second kappa shape index (κ2) is 44.2. The van der Waals surface area contributed by atoms with E-state index in [1.165, 1.54) is 109 Å². The molecule has 6 nitrogen and oxygen atoms in total. The topological polar surface area (TPSA) is 95.9 Å². The number of amides is 1. The number of carbonyl (C=O) groups excluding carboxylic acids is 2. The summed E-state index contributed by atoms with van der Waals surface area (Å²) < 4.78 is 5.90. The van der Waals surface area contributed by atoms with Gasteiger partial charge in [-0.2, -0.15) is 0 Å². The first-order chi connectivity index (χ1) is 27.5. The summed E-state index contributed by atoms with van der Waals surface area (Å²) in [7, 11) is 0. The van der Waals surface area contributed by atoms with E-state index in [1.54, 1.807) is 0 Å². The molecule has 0 rings (SSSR count). The quantitative estimate of drug-likeness (QED) is 0.0325. The number of nitrogens with one attached hydrogen (secondary N) is 1. The molecule has 3 unspecified atom stereocenters. The number of carbonyl (C=O) groups is 2. The van der Waals surface area contributed by atoms with Crippen molar-refractivity contribution in [2.45, 2.75) is 264 Å². The molecule has 6 heteroatoms. The van der Waals surface area contributed by atoms with Gasteiger partial charge in [0.2, 0.25) is 5.91 Å². The van der Waals surface area contributed by atoms with Crippen LogP contribution < -0.4 is 5.32 Å². The highest BCUT2D eigenvalue weighted by Crippen LogP contribution is 2.18. The molecule has 56 heavy (non-hydrogen) atoms. The van der Waals surface area contributed by atoms with Crippen molar-refractivity contribution in [3.63, 3.8) is 0 Å². The van der Waals surface area contributed by atoms with Gasteiger partial charge < -0.3 is 20.3 Å². The van der Waals surface area contributed by atoms with Crippen molar-refractivity contribution in [3.8, 4) is 0 Å². The zero-order chi connectivity index (χ0) is 41.0. The van der Waals surface area contributed by atoms with Crippen LogP contribution in [0.1, 0.15) is 245 Å². The average molecular weight is 788 g/mol. The van der Waals surface area contributed by atoms with Crippen molar-refractivity contribution < 1.29 is 24.5 Å². The van der Waals surface area contributed by atoms with Crippen LogP contribution in [0.5, 0.6) is 0 Å². The molecule has 0 heterocycles. The highest BCUT2D eigenvalue weighted by molar-refractivity contribution is 5.77. The van der Waals surface area contributed by atoms with Crippen LogP contribution in [-0.4, -0.2) is 46.9 Å². The van der Waals surface area contributed by atoms with Gasteiger partial charge in [-0.25, -0.2) is 0 Å². The third-order valence-electron chi connectivity index (χ3n) is 11.0. The van der Waals surface area contributed by atoms with Crippen LogP contribution in [0.4, 0.5) is 0 Å². The second-order valence-electron chi connectivity index (χ2n) is 16.5. The molecular formula is C50H93NO5. The van der Waals surface area contributed by atoms with Gasteiger partial charge in [-0.1, -0.05) is 211 Å². The minimum atomic E-state index is -0.790. The summed E-state index contributed by atoms with van der Waals surface area (Å²) in [4.78, 5) is 26.0. The Morgan fingerprint density at radius 2 is 0.964 bits per heavy atom. The third-order valence-corrected chi connectivity index (χ3v) is 11.0. The van der Waals surface area contributed by atoms with Crippen molar-refractivity contribution in [1.82, 2.24) is 5.32 Å². The Morgan fingerprint density at radius 1 is 0.536 bits per heavy atom. The molecule has 0 spiro atoms. The lowest BCUT2D eigenvalue weighted by Crippen LogP contribution is -2.46. The first kappa shape index (κ1) is 54.1. The van der Waals surface area contributed by atoms with E-state index in [4.69, 9.17) is 4.74 Å². The molecule has 0 bridgehead atoms. The molecule has 0 aromatic heterocycles. The maximum absolute atomic E-state index is 13.2. The number of aliphatic hydroxyl groups is 2. The van der Waals surface area contributed by atoms with Gasteiger partial charge in [0.25, 0.3) is 0 Å². The molecule has 0 aromatic rings. The van der Waals surface area contributed by atoms with E-state index in [0.29, 0.717) is 19.3 Å². The lowest BCUT2D eigenvalue weighted by Gasteiger charge is -2.24. The zero-order valence-corrected chi connectivity index (χ0v) is 37.3. The van der Waals surface area contributed by atoms with Crippen molar-refractivity contribution in [3.05, 3.63) is 36.5 Å². The number of unbranched alkanes of at least 4 members (excludes halogenated alkanes) is 25. The molecule has 0 aromatic carbocycles. The molecule has 0 aliphatic rings. The first-order valence-corrected chi connectivity index (χ1v) is 24.2. The Labute approximate surface area is 347 Å². The van der Waals surface area contributed by atoms with Gasteiger partial charge in [0.15, 0.2) is 0 Å². The van der Waals surface area contributed by atoms with Crippen LogP contribution >= 0.6 is 0 Å². The molecule has 1 amide bonds. The van der Waals surface area contributed by atoms with Crippen LogP contribution in [0, 0.1) is 0 Å². The largest absolute Gasteiger partial charge is 0.462 e. The number of esters is 1. The SMILES string of the molecule is CC/C=C/C/C=C/C/C=C/CCCCCCC(CC(=O)NC(CO)C(O)CCCCCCCCCCCCCC)OC(=O)CCCCCCCCCCCCC. The first-order valence-electron chi connectivity index (χ1n) is 24.2. The fourth-order valence-corrected chi connectivity index (χ4v) is 7.33. The maximum Gasteiger partial charge on any atom is 0.306 e. The van der Waals surface area contributed by atoms with Crippen LogP contribution in [0.2, 0.25) is 0 Å². The number of ether oxygens (including phenoxy) is 1. The van der Waals surface area contributed by atoms with Gasteiger partial charge in [0, 0.05) is 6.42 Å². The Bertz CT molecular complexity index is 930. The molecule has 0 aliphatic carbocycles. The van der Waals surface area contributed by atoms with Crippen molar-refractivity contribution in [2.75, 3.05) is 6.61 Å². The number of rotatable bonds is 43. The van der Waals surface area contributed by atoms with Gasteiger partial charge in [-0.05, 0) is 57.8 Å². The molecule has 0 saturated heterocycles. The van der Waals surface area contributed by atoms with Crippen LogP contribution in [-0.2, 0) is 14.3 Å². The molecule has 0 saturated carbocycles. The van der Waals surface area contributed by atoms with Crippen molar-refractivity contribution in [2.24, 2.45) is 0 Å². The summed E-state index contributed by atoms with van der Waals surface area (Å²) in [5.41, 5.74) is 0. The summed E-state index contributed by atoms with van der Waals surface area (Å²) in [6.45, 7) is 6.35. The minimum Gasteiger partial charge on any atom is -0.462 e. The predicted octanol–water partition coefficient (Wildman–Crippen LogP) is 14.1. The summed E-state index contributed by atoms with van der Waals surface area (Å²) >= 11 is 0. The number of allylic oxidation sites excluding steroid dienone is 6. The lowest BCUT2D eigenvalue weighted by atomic mass is 10.0. The average Bonchev–Trinajstić information content (AvgIpc) is 3.19. The number of aliphatic hydroxyl groups excluding tert-OH is 2. The van der Waals surface area contributed by atoms with E-state index >= 15 is 0 Å². The lowest BCUT2D eigenvalue weighted by molar-refractivity contribution is -0.151. The minimum absolute atomic E-state index is 0.0658. The van der Waals surface area contributed by atoms with Gasteiger partial charge in [-0.15, -0.1) is 0 Å². The van der Waals surface area contributed by atoms with Gasteiger partial charge in [0.05, 0.1) is 25.2 Å². The maximum atomic E-state index is 13.2. The van der Waals surface area contributed by atoms with Crippen LogP contribution in [0.15, 0.2) is 36.5 Å². The standard InChI is InChI=1S/C50H93NO5/c1-4-7-10-13-16-19-22-24-25-27-29-32-35-38-41-46(56-50(55)43-40-37-34-31-26-21-18-15-12-9-6-3)44-49(54)51-47(45-52)48(53)42-39-36-33-30-28-23-20-17-14-11-8-5-2/h7,10,16,19,24-25,46-48,52-53H,4-6,8-9,11-15,17-18,20-23,26-45H2,1-3H3,(H,51,54)/b10-7+,19-16+,25-24+. The van der Waals surface area contributed by atoms with Crippen LogP contribution in [0.3, 0.4) is 0 Å². The fraction of sp³-hybridized carbons (Fsp3) is 0.840. The van der Waals surface area contributed by atoms with E-state index in [1.807, 2.05) is 0 Å². The van der Waals surface area contributed by atoms with E-state index in [2.05, 4.69) is 62.5 Å². The Hall–Kier alpha value is -1.92. The Morgan fingerprint density at radius 3 is 1.46 bits per heavy atom. The molecule has 3 N–H and O–H groups in total. The zero-order valence-electron chi connectivity index (χ0n) is 37.3. The van der Waals surface area contributed by atoms with Gasteiger partial charge in [0.1, 0.15) is 6.10 Å². The summed E-state index contributed by atoms with van der Waals surface area (Å²) in [6, 6.07) is -0.704. The van der Waals surface area contributed by atoms with E-state index < -0.39 is 18.2 Å². The van der Waals surface area contributed by atoms with E-state index in [9.17, 15) is 19.8 Å². The van der Waals surface area contributed by atoms with Crippen molar-refractivity contribution >= 4 is 11.9 Å². The van der Waals surface area contributed by atoms with Crippen molar-refractivity contribution in [1.29, 1.82) is 0 Å². The molecule has 328 valence electrons. The molecule has 0 aliphatic heterocycles. The smallest absolute Gasteiger partial charge is 0.306 e. The molecule has 0 fully saturated rings.